The van der Waals surface area contributed by atoms with Crippen molar-refractivity contribution in [3.63, 3.8) is 0 Å². The standard InChI is InChI=1S/C21H21NO6S/c1-5-26-20(24)16-12(4)17(21(25)27-11(2)3)29-19(16)22-18(23)15-10-13-8-6-7-9-14(13)28-15/h6-11H,5H2,1-4H3,(H,22,23). The Labute approximate surface area is 171 Å². The van der Waals surface area contributed by atoms with Crippen LogP contribution in [0.3, 0.4) is 0 Å². The highest BCUT2D eigenvalue weighted by molar-refractivity contribution is 7.18. The van der Waals surface area contributed by atoms with Crippen molar-refractivity contribution in [3.05, 3.63) is 52.1 Å². The van der Waals surface area contributed by atoms with Gasteiger partial charge in [-0.15, -0.1) is 11.3 Å². The van der Waals surface area contributed by atoms with Crippen LogP contribution in [0.2, 0.25) is 0 Å². The van der Waals surface area contributed by atoms with E-state index < -0.39 is 17.8 Å². The Morgan fingerprint density at radius 3 is 2.55 bits per heavy atom. The molecule has 3 rings (SSSR count). The Kier molecular flexibility index (Phi) is 6.03. The molecule has 0 radical (unpaired) electrons. The van der Waals surface area contributed by atoms with Crippen LogP contribution in [0.4, 0.5) is 5.00 Å². The molecule has 0 spiro atoms. The molecule has 29 heavy (non-hydrogen) atoms. The van der Waals surface area contributed by atoms with E-state index in [0.717, 1.165) is 16.7 Å². The normalized spacial score (nSPS) is 10.9. The van der Waals surface area contributed by atoms with Crippen LogP contribution in [0.15, 0.2) is 34.7 Å². The lowest BCUT2D eigenvalue weighted by Crippen LogP contribution is -2.14. The summed E-state index contributed by atoms with van der Waals surface area (Å²) in [7, 11) is 0. The molecule has 0 aliphatic rings. The Morgan fingerprint density at radius 1 is 1.17 bits per heavy atom. The summed E-state index contributed by atoms with van der Waals surface area (Å²) in [6.45, 7) is 6.93. The molecule has 1 aromatic carbocycles. The molecule has 0 fully saturated rings. The number of hydrogen-bond donors (Lipinski definition) is 1. The first kappa shape index (κ1) is 20.6. The average molecular weight is 415 g/mol. The predicted octanol–water partition coefficient (Wildman–Crippen LogP) is 4.80. The first-order valence-corrected chi connectivity index (χ1v) is 9.94. The van der Waals surface area contributed by atoms with Gasteiger partial charge in [0.2, 0.25) is 0 Å². The molecule has 0 atom stereocenters. The molecular formula is C21H21NO6S. The zero-order valence-electron chi connectivity index (χ0n) is 16.5. The molecule has 2 heterocycles. The van der Waals surface area contributed by atoms with E-state index in [1.165, 1.54) is 0 Å². The number of para-hydroxylation sites is 1. The first-order chi connectivity index (χ1) is 13.8. The van der Waals surface area contributed by atoms with Gasteiger partial charge in [0.15, 0.2) is 5.76 Å². The van der Waals surface area contributed by atoms with Crippen molar-refractivity contribution >= 4 is 45.2 Å². The number of carbonyl (C=O) groups is 3. The van der Waals surface area contributed by atoms with E-state index in [-0.39, 0.29) is 33.9 Å². The largest absolute Gasteiger partial charge is 0.462 e. The van der Waals surface area contributed by atoms with Crippen LogP contribution in [0.5, 0.6) is 0 Å². The van der Waals surface area contributed by atoms with Crippen molar-refractivity contribution in [1.29, 1.82) is 0 Å². The van der Waals surface area contributed by atoms with Crippen molar-refractivity contribution in [2.24, 2.45) is 0 Å². The highest BCUT2D eigenvalue weighted by Gasteiger charge is 2.28. The average Bonchev–Trinajstić information content (AvgIpc) is 3.22. The highest BCUT2D eigenvalue weighted by atomic mass is 32.1. The molecule has 0 aliphatic carbocycles. The van der Waals surface area contributed by atoms with Crippen molar-refractivity contribution in [3.8, 4) is 0 Å². The fraction of sp³-hybridized carbons (Fsp3) is 0.286. The minimum Gasteiger partial charge on any atom is -0.462 e. The summed E-state index contributed by atoms with van der Waals surface area (Å²) in [5, 5.41) is 3.67. The zero-order chi connectivity index (χ0) is 21.1. The Balaban J connectivity index is 1.96. The van der Waals surface area contributed by atoms with E-state index >= 15 is 0 Å². The van der Waals surface area contributed by atoms with Crippen LogP contribution < -0.4 is 5.32 Å². The molecule has 1 amide bonds. The lowest BCUT2D eigenvalue weighted by molar-refractivity contribution is 0.0383. The van der Waals surface area contributed by atoms with Gasteiger partial charge in [0.1, 0.15) is 15.5 Å². The molecule has 3 aromatic rings. The molecular weight excluding hydrogens is 394 g/mol. The Bertz CT molecular complexity index is 1050. The van der Waals surface area contributed by atoms with Gasteiger partial charge in [0.05, 0.1) is 18.3 Å². The van der Waals surface area contributed by atoms with Crippen molar-refractivity contribution < 1.29 is 28.3 Å². The number of fused-ring (bicyclic) bond motifs is 1. The molecule has 0 unspecified atom stereocenters. The second-order valence-electron chi connectivity index (χ2n) is 6.54. The summed E-state index contributed by atoms with van der Waals surface area (Å²) in [6.07, 6.45) is -0.316. The molecule has 1 N–H and O–H groups in total. The van der Waals surface area contributed by atoms with Crippen LogP contribution in [-0.4, -0.2) is 30.6 Å². The van der Waals surface area contributed by atoms with Gasteiger partial charge in [-0.1, -0.05) is 18.2 Å². The summed E-state index contributed by atoms with van der Waals surface area (Å²) in [6, 6.07) is 8.85. The number of anilines is 1. The lowest BCUT2D eigenvalue weighted by Gasteiger charge is -2.07. The molecule has 8 heteroatoms. The van der Waals surface area contributed by atoms with Crippen LogP contribution >= 0.6 is 11.3 Å². The summed E-state index contributed by atoms with van der Waals surface area (Å²) in [4.78, 5) is 37.8. The number of rotatable bonds is 6. The van der Waals surface area contributed by atoms with Crippen LogP contribution in [0.25, 0.3) is 11.0 Å². The van der Waals surface area contributed by atoms with Gasteiger partial charge in [0, 0.05) is 5.39 Å². The molecule has 0 saturated heterocycles. The van der Waals surface area contributed by atoms with Gasteiger partial charge in [-0.3, -0.25) is 4.79 Å². The molecule has 0 saturated carbocycles. The maximum Gasteiger partial charge on any atom is 0.348 e. The fourth-order valence-electron chi connectivity index (χ4n) is 2.77. The van der Waals surface area contributed by atoms with Gasteiger partial charge in [-0.05, 0) is 45.4 Å². The molecule has 0 bridgehead atoms. The quantitative estimate of drug-likeness (QED) is 0.581. The minimum atomic E-state index is -0.621. The monoisotopic (exact) mass is 415 g/mol. The summed E-state index contributed by atoms with van der Waals surface area (Å²) in [5.74, 6) is -1.61. The molecule has 2 aromatic heterocycles. The van der Waals surface area contributed by atoms with Gasteiger partial charge in [0.25, 0.3) is 5.91 Å². The molecule has 7 nitrogen and oxygen atoms in total. The summed E-state index contributed by atoms with van der Waals surface area (Å²) in [5.41, 5.74) is 1.11. The van der Waals surface area contributed by atoms with Gasteiger partial charge in [-0.2, -0.15) is 0 Å². The third kappa shape index (κ3) is 4.32. The first-order valence-electron chi connectivity index (χ1n) is 9.13. The molecule has 152 valence electrons. The van der Waals surface area contributed by atoms with Gasteiger partial charge < -0.3 is 19.2 Å². The van der Waals surface area contributed by atoms with Gasteiger partial charge >= 0.3 is 11.9 Å². The third-order valence-electron chi connectivity index (χ3n) is 4.03. The summed E-state index contributed by atoms with van der Waals surface area (Å²) >= 11 is 0.971. The highest BCUT2D eigenvalue weighted by Crippen LogP contribution is 2.35. The number of carbonyl (C=O) groups excluding carboxylic acids is 3. The lowest BCUT2D eigenvalue weighted by atomic mass is 10.1. The Hall–Kier alpha value is -3.13. The second-order valence-corrected chi connectivity index (χ2v) is 7.56. The number of nitrogens with one attached hydrogen (secondary N) is 1. The third-order valence-corrected chi connectivity index (χ3v) is 5.22. The van der Waals surface area contributed by atoms with Crippen LogP contribution in [-0.2, 0) is 9.47 Å². The minimum absolute atomic E-state index is 0.0957. The van der Waals surface area contributed by atoms with Gasteiger partial charge in [-0.25, -0.2) is 9.59 Å². The number of benzene rings is 1. The fourth-order valence-corrected chi connectivity index (χ4v) is 3.84. The SMILES string of the molecule is CCOC(=O)c1c(NC(=O)c2cc3ccccc3o2)sc(C(=O)OC(C)C)c1C. The van der Waals surface area contributed by atoms with Crippen molar-refractivity contribution in [1.82, 2.24) is 0 Å². The second kappa shape index (κ2) is 8.48. The predicted molar refractivity (Wildman–Crippen MR) is 110 cm³/mol. The number of hydrogen-bond acceptors (Lipinski definition) is 7. The molecule has 0 aliphatic heterocycles. The van der Waals surface area contributed by atoms with Crippen LogP contribution in [0.1, 0.15) is 56.9 Å². The van der Waals surface area contributed by atoms with Crippen molar-refractivity contribution in [2.75, 3.05) is 11.9 Å². The maximum atomic E-state index is 12.7. The van der Waals surface area contributed by atoms with E-state index in [2.05, 4.69) is 5.32 Å². The van der Waals surface area contributed by atoms with E-state index in [1.807, 2.05) is 18.2 Å². The maximum absolute atomic E-state index is 12.7. The van der Waals surface area contributed by atoms with E-state index in [0.29, 0.717) is 11.1 Å². The Morgan fingerprint density at radius 2 is 1.90 bits per heavy atom. The number of furan rings is 1. The number of amides is 1. The van der Waals surface area contributed by atoms with E-state index in [4.69, 9.17) is 13.9 Å². The zero-order valence-corrected chi connectivity index (χ0v) is 17.3. The topological polar surface area (TPSA) is 94.8 Å². The van der Waals surface area contributed by atoms with Crippen molar-refractivity contribution in [2.45, 2.75) is 33.8 Å². The van der Waals surface area contributed by atoms with E-state index in [9.17, 15) is 14.4 Å². The van der Waals surface area contributed by atoms with Crippen LogP contribution in [0, 0.1) is 6.92 Å². The number of thiophene rings is 1. The smallest absolute Gasteiger partial charge is 0.348 e. The number of esters is 2. The summed E-state index contributed by atoms with van der Waals surface area (Å²) < 4.78 is 15.9. The number of ether oxygens (including phenoxy) is 2. The van der Waals surface area contributed by atoms with E-state index in [1.54, 1.807) is 39.8 Å².